The van der Waals surface area contributed by atoms with E-state index >= 15 is 0 Å². The third-order valence-corrected chi connectivity index (χ3v) is 22.6. The number of hydrogen-bond acceptors (Lipinski definition) is 10. The second kappa shape index (κ2) is 56.6. The molecule has 4 aromatic rings. The van der Waals surface area contributed by atoms with Gasteiger partial charge in [0.25, 0.3) is 0 Å². The molecule has 4 N–H and O–H groups in total. The van der Waals surface area contributed by atoms with Crippen molar-refractivity contribution in [2.45, 2.75) is 362 Å². The van der Waals surface area contributed by atoms with E-state index in [9.17, 15) is 0 Å². The number of hydrogen-bond donors (Lipinski definition) is 4. The van der Waals surface area contributed by atoms with E-state index in [1.54, 1.807) is 0 Å². The molecule has 1 aliphatic carbocycles. The van der Waals surface area contributed by atoms with Crippen LogP contribution in [0.3, 0.4) is 0 Å². The fraction of sp³-hybridized carbons (Fsp3) is 0.774. The summed E-state index contributed by atoms with van der Waals surface area (Å²) in [6, 6.07) is 24.4. The van der Waals surface area contributed by atoms with Crippen LogP contribution in [0.4, 0.5) is 0 Å². The molecule has 1 saturated carbocycles. The van der Waals surface area contributed by atoms with Gasteiger partial charge in [-0.2, -0.15) is 0 Å². The summed E-state index contributed by atoms with van der Waals surface area (Å²) in [6.07, 6.45) is 29.9. The topological polar surface area (TPSA) is 97.5 Å². The van der Waals surface area contributed by atoms with Crippen LogP contribution >= 0.6 is 0 Å². The minimum absolute atomic E-state index is 0.302. The molecule has 3 aliphatic rings. The molecule has 0 bridgehead atoms. The Balaban J connectivity index is 0.000000526. The van der Waals surface area contributed by atoms with Gasteiger partial charge in [-0.15, -0.1) is 0 Å². The van der Waals surface area contributed by atoms with Gasteiger partial charge in [0.15, 0.2) is 0 Å². The fourth-order valence-electron chi connectivity index (χ4n) is 16.1. The molecule has 4 aromatic carbocycles. The Morgan fingerprint density at radius 2 is 0.776 bits per heavy atom. The molecule has 0 amide bonds. The molecule has 116 heavy (non-hydrogen) atoms. The number of aryl methyl sites for hydroxylation is 6. The third kappa shape index (κ3) is 55.8. The van der Waals surface area contributed by atoms with E-state index in [1.165, 1.54) is 197 Å². The molecule has 2 heterocycles. The number of nitrogens with one attached hydrogen (secondary N) is 4. The minimum Gasteiger partial charge on any atom is -0.493 e. The van der Waals surface area contributed by atoms with Crippen molar-refractivity contribution < 1.29 is 23.7 Å². The summed E-state index contributed by atoms with van der Waals surface area (Å²) in [6.45, 7) is 83.5. The van der Waals surface area contributed by atoms with Gasteiger partial charge in [-0.3, -0.25) is 0 Å². The maximum Gasteiger partial charge on any atom is 0.125 e. The standard InChI is InChI=1S/C36H58N4O4.C16H26.C16H32.C15H33N.C15H24O.C8H18/c1-27-17-33(18-28(2)35(27)43-25-31-7-5-9-37-21-31)23-39-11-13-41-15-16-42-14-12-40-24-34-19-29(3)36(30(4)20-34)44-26-32-8-6-10-38-22-32;1-15(2,3)11-13-7-9-14(10-8-13)12-16(4,5)6;1-15(2,3)11-13-8-7-9-14(10-13)12-16(4,5)6;1-14(2,3)10-8-12-16(7)13-9-11-15(4,5)6;1-11-8-7-9-12(2)14(11)16-10-13(3)15(4,5)6;1-3-5-7-8-6-4-2/h17-20,31-32,37-40H,5-16,21-26H2,1-4H3;7-10H,11-12H2,1-6H3;13-14H,7-12H2,1-6H3;8-13H2,1-7H3;7-9,13H,10H2,1-6H3;3-8H2,1-2H3. The number of ether oxygens (including phenoxy) is 5. The molecule has 7 rings (SSSR count). The van der Waals surface area contributed by atoms with E-state index in [0.717, 1.165) is 114 Å². The van der Waals surface area contributed by atoms with E-state index < -0.39 is 0 Å². The third-order valence-electron chi connectivity index (χ3n) is 22.6. The van der Waals surface area contributed by atoms with Gasteiger partial charge in [0.2, 0.25) is 0 Å². The Morgan fingerprint density at radius 3 is 1.09 bits per heavy atom. The van der Waals surface area contributed by atoms with Crippen molar-refractivity contribution in [1.29, 1.82) is 0 Å². The number of piperidine rings is 2. The van der Waals surface area contributed by atoms with Crippen LogP contribution in [0.2, 0.25) is 0 Å². The lowest BCUT2D eigenvalue weighted by Crippen LogP contribution is -2.33. The lowest BCUT2D eigenvalue weighted by atomic mass is 9.70. The van der Waals surface area contributed by atoms with Crippen molar-refractivity contribution in [2.24, 2.45) is 67.5 Å². The largest absolute Gasteiger partial charge is 0.493 e. The monoisotopic (exact) mass is 1610 g/mol. The van der Waals surface area contributed by atoms with Gasteiger partial charge in [-0.05, 0) is 270 Å². The summed E-state index contributed by atoms with van der Waals surface area (Å²) in [5, 5.41) is 13.9. The average Bonchev–Trinajstić information content (AvgIpc) is 0.847. The van der Waals surface area contributed by atoms with Crippen LogP contribution in [-0.2, 0) is 35.4 Å². The number of benzene rings is 4. The number of nitrogens with zero attached hydrogens (tertiary/aromatic N) is 1. The van der Waals surface area contributed by atoms with Gasteiger partial charge in [0, 0.05) is 51.1 Å². The highest BCUT2D eigenvalue weighted by Crippen LogP contribution is 2.41. The van der Waals surface area contributed by atoms with Crippen LogP contribution in [0.1, 0.15) is 350 Å². The second-order valence-electron chi connectivity index (χ2n) is 44.3. The van der Waals surface area contributed by atoms with Crippen LogP contribution in [0, 0.1) is 109 Å². The van der Waals surface area contributed by atoms with Crippen molar-refractivity contribution in [3.05, 3.63) is 122 Å². The molecular weight excluding hydrogens is 1420 g/mol. The van der Waals surface area contributed by atoms with Gasteiger partial charge in [-0.1, -0.05) is 291 Å². The Labute approximate surface area is 720 Å². The quantitative estimate of drug-likeness (QED) is 0.0327. The molecular formula is C106H191N5O5. The molecule has 10 heteroatoms. The van der Waals surface area contributed by atoms with Crippen molar-refractivity contribution in [3.63, 3.8) is 0 Å². The normalized spacial score (nSPS) is 17.2. The van der Waals surface area contributed by atoms with Crippen LogP contribution in [0.25, 0.3) is 0 Å². The van der Waals surface area contributed by atoms with Crippen LogP contribution in [0.5, 0.6) is 17.2 Å². The number of rotatable bonds is 37. The summed E-state index contributed by atoms with van der Waals surface area (Å²) < 4.78 is 29.9. The zero-order chi connectivity index (χ0) is 87.2. The summed E-state index contributed by atoms with van der Waals surface area (Å²) in [5.74, 6) is 6.93. The van der Waals surface area contributed by atoms with Gasteiger partial charge in [0.1, 0.15) is 17.2 Å². The van der Waals surface area contributed by atoms with E-state index in [4.69, 9.17) is 23.7 Å². The van der Waals surface area contributed by atoms with Crippen molar-refractivity contribution in [1.82, 2.24) is 26.2 Å². The van der Waals surface area contributed by atoms with Crippen LogP contribution in [0.15, 0.2) is 66.7 Å². The van der Waals surface area contributed by atoms with Gasteiger partial charge in [0.05, 0.1) is 46.2 Å². The predicted octanol–water partition coefficient (Wildman–Crippen LogP) is 27.4. The molecule has 0 aromatic heterocycles. The van der Waals surface area contributed by atoms with Crippen LogP contribution < -0.4 is 35.5 Å². The van der Waals surface area contributed by atoms with Gasteiger partial charge in [-0.25, -0.2) is 0 Å². The summed E-state index contributed by atoms with van der Waals surface area (Å²) in [4.78, 5) is 2.48. The maximum atomic E-state index is 6.23. The van der Waals surface area contributed by atoms with E-state index in [2.05, 4.69) is 308 Å². The van der Waals surface area contributed by atoms with Crippen molar-refractivity contribution in [2.75, 3.05) is 106 Å². The van der Waals surface area contributed by atoms with Gasteiger partial charge < -0.3 is 49.9 Å². The SMILES string of the molecule is CC(C)(C)CC1CCCC(CC(C)(C)C)C1.CC(C)(C)Cc1ccc(CC(C)(C)C)cc1.CCCCCCCC.CN(CCCC(C)(C)C)CCCC(C)(C)C.Cc1cc(CNCCOCCOCCNCc2cc(C)c(OCC3CCCNC3)c(C)c2)cc(C)c1OCC1CCCNC1.Cc1cccc(C)c1OCC(C)C(C)(C)C. The van der Waals surface area contributed by atoms with Crippen molar-refractivity contribution in [3.8, 4) is 17.2 Å². The van der Waals surface area contributed by atoms with Crippen LogP contribution in [-0.4, -0.2) is 111 Å². The molecule has 670 valence electrons. The lowest BCUT2D eigenvalue weighted by Gasteiger charge is -2.36. The molecule has 5 unspecified atom stereocenters. The Hall–Kier alpha value is -4.00. The number of para-hydroxylation sites is 1. The fourth-order valence-corrected chi connectivity index (χ4v) is 16.1. The van der Waals surface area contributed by atoms with Crippen molar-refractivity contribution >= 4 is 0 Å². The molecule has 0 radical (unpaired) electrons. The first kappa shape index (κ1) is 108. The maximum absolute atomic E-state index is 6.23. The zero-order valence-electron chi connectivity index (χ0n) is 82.3. The lowest BCUT2D eigenvalue weighted by molar-refractivity contribution is 0.0498. The van der Waals surface area contributed by atoms with E-state index in [0.29, 0.717) is 82.1 Å². The highest BCUT2D eigenvalue weighted by atomic mass is 16.5. The molecule has 2 aliphatic heterocycles. The number of unbranched alkanes of at least 4 members (excludes halogenated alkanes) is 5. The average molecular weight is 1620 g/mol. The van der Waals surface area contributed by atoms with E-state index in [1.807, 2.05) is 0 Å². The molecule has 0 spiro atoms. The summed E-state index contributed by atoms with van der Waals surface area (Å²) in [7, 11) is 2.26. The Bertz CT molecular complexity index is 2890. The molecule has 10 nitrogen and oxygen atoms in total. The summed E-state index contributed by atoms with van der Waals surface area (Å²) >= 11 is 0. The minimum atomic E-state index is 0.302. The first-order chi connectivity index (χ1) is 54.1. The first-order valence-corrected chi connectivity index (χ1v) is 47.0. The Morgan fingerprint density at radius 1 is 0.414 bits per heavy atom. The highest BCUT2D eigenvalue weighted by Gasteiger charge is 2.29. The molecule has 2 saturated heterocycles. The zero-order valence-corrected chi connectivity index (χ0v) is 82.3. The smallest absolute Gasteiger partial charge is 0.125 e. The van der Waals surface area contributed by atoms with Gasteiger partial charge >= 0.3 is 0 Å². The predicted molar refractivity (Wildman–Crippen MR) is 509 cm³/mol. The molecule has 3 fully saturated rings. The highest BCUT2D eigenvalue weighted by molar-refractivity contribution is 5.45. The second-order valence-corrected chi connectivity index (χ2v) is 44.3. The van der Waals surface area contributed by atoms with E-state index in [-0.39, 0.29) is 0 Å². The summed E-state index contributed by atoms with van der Waals surface area (Å²) in [5.41, 5.74) is 15.9. The molecule has 5 atom stereocenters. The first-order valence-electron chi connectivity index (χ1n) is 47.0. The Kier molecular flexibility index (Phi) is 52.8.